The average Bonchev–Trinajstić information content (AvgIpc) is 2.93. The van der Waals surface area contributed by atoms with Crippen molar-refractivity contribution in [3.05, 3.63) is 0 Å². The van der Waals surface area contributed by atoms with Gasteiger partial charge in [0.1, 0.15) is 0 Å². The molecule has 0 aromatic heterocycles. The predicted octanol–water partition coefficient (Wildman–Crippen LogP) is 0.724. The van der Waals surface area contributed by atoms with Crippen molar-refractivity contribution in [1.29, 1.82) is 0 Å². The molecular weight excluding hydrogens is 214 g/mol. The maximum Gasteiger partial charge on any atom is 0.211 e. The molecule has 0 heterocycles. The van der Waals surface area contributed by atoms with Gasteiger partial charge in [-0.25, -0.2) is 13.1 Å². The molecule has 1 rings (SSSR count). The molecule has 0 saturated heterocycles. The first-order chi connectivity index (χ1) is 6.89. The molecule has 0 aromatic rings. The van der Waals surface area contributed by atoms with E-state index >= 15 is 0 Å². The number of aliphatic hydroxyl groups is 1. The highest BCUT2D eigenvalue weighted by atomic mass is 32.2. The molecule has 0 amide bonds. The molecule has 0 unspecified atom stereocenters. The van der Waals surface area contributed by atoms with Gasteiger partial charge in [0.05, 0.1) is 5.75 Å². The normalized spacial score (nSPS) is 19.5. The molecule has 15 heavy (non-hydrogen) atoms. The lowest BCUT2D eigenvalue weighted by Crippen LogP contribution is -2.33. The van der Waals surface area contributed by atoms with Gasteiger partial charge in [-0.1, -0.05) is 13.8 Å². The van der Waals surface area contributed by atoms with Crippen molar-refractivity contribution in [2.75, 3.05) is 18.9 Å². The van der Waals surface area contributed by atoms with Crippen LogP contribution in [0, 0.1) is 11.3 Å². The first-order valence-corrected chi connectivity index (χ1v) is 7.13. The minimum absolute atomic E-state index is 0.0830. The van der Waals surface area contributed by atoms with Gasteiger partial charge >= 0.3 is 0 Å². The second-order valence-electron chi connectivity index (χ2n) is 4.98. The van der Waals surface area contributed by atoms with Gasteiger partial charge in [0, 0.05) is 18.6 Å². The van der Waals surface area contributed by atoms with E-state index in [4.69, 9.17) is 5.11 Å². The maximum atomic E-state index is 11.5. The van der Waals surface area contributed by atoms with E-state index in [1.807, 2.05) is 13.8 Å². The van der Waals surface area contributed by atoms with Crippen LogP contribution in [0.25, 0.3) is 0 Å². The Hall–Kier alpha value is -0.130. The van der Waals surface area contributed by atoms with Crippen LogP contribution in [0.2, 0.25) is 0 Å². The second kappa shape index (κ2) is 4.80. The Kier molecular flexibility index (Phi) is 4.14. The summed E-state index contributed by atoms with van der Waals surface area (Å²) >= 11 is 0. The van der Waals surface area contributed by atoms with Crippen LogP contribution in [0.1, 0.15) is 33.1 Å². The molecule has 0 atom stereocenters. The molecule has 90 valence electrons. The highest BCUT2D eigenvalue weighted by Crippen LogP contribution is 2.44. The van der Waals surface area contributed by atoms with E-state index in [0.29, 0.717) is 18.9 Å². The molecule has 4 nitrogen and oxygen atoms in total. The molecular formula is C10H21NO3S. The van der Waals surface area contributed by atoms with E-state index in [0.717, 1.165) is 12.8 Å². The Morgan fingerprint density at radius 2 is 2.00 bits per heavy atom. The largest absolute Gasteiger partial charge is 0.396 e. The van der Waals surface area contributed by atoms with E-state index in [1.165, 1.54) is 0 Å². The number of hydrogen-bond acceptors (Lipinski definition) is 3. The van der Waals surface area contributed by atoms with Crippen LogP contribution in [0.4, 0.5) is 0 Å². The van der Waals surface area contributed by atoms with Crippen LogP contribution in [0.15, 0.2) is 0 Å². The second-order valence-corrected chi connectivity index (χ2v) is 6.91. The van der Waals surface area contributed by atoms with Crippen molar-refractivity contribution in [3.8, 4) is 0 Å². The first-order valence-electron chi connectivity index (χ1n) is 5.47. The van der Waals surface area contributed by atoms with Gasteiger partial charge in [-0.15, -0.1) is 0 Å². The fourth-order valence-electron chi connectivity index (χ4n) is 1.29. The van der Waals surface area contributed by atoms with Crippen molar-refractivity contribution in [2.45, 2.75) is 33.1 Å². The van der Waals surface area contributed by atoms with Gasteiger partial charge in [-0.05, 0) is 25.2 Å². The first kappa shape index (κ1) is 12.9. The Morgan fingerprint density at radius 1 is 1.40 bits per heavy atom. The molecule has 2 N–H and O–H groups in total. The van der Waals surface area contributed by atoms with E-state index in [9.17, 15) is 8.42 Å². The van der Waals surface area contributed by atoms with Crippen LogP contribution in [0.5, 0.6) is 0 Å². The third kappa shape index (κ3) is 4.49. The molecule has 0 aromatic carbocycles. The SMILES string of the molecule is CC(C)CCS(=O)(=O)NCC1(CO)CC1. The summed E-state index contributed by atoms with van der Waals surface area (Å²) in [5.74, 6) is 0.584. The van der Waals surface area contributed by atoms with Crippen LogP contribution in [0.3, 0.4) is 0 Å². The highest BCUT2D eigenvalue weighted by Gasteiger charge is 2.42. The lowest BCUT2D eigenvalue weighted by atomic mass is 10.1. The molecule has 1 aliphatic rings. The number of nitrogens with one attached hydrogen (secondary N) is 1. The van der Waals surface area contributed by atoms with Gasteiger partial charge in [0.15, 0.2) is 0 Å². The zero-order chi connectivity index (χ0) is 11.5. The number of rotatable bonds is 7. The van der Waals surface area contributed by atoms with E-state index in [2.05, 4.69) is 4.72 Å². The minimum Gasteiger partial charge on any atom is -0.396 e. The number of aliphatic hydroxyl groups excluding tert-OH is 1. The quantitative estimate of drug-likeness (QED) is 0.683. The topological polar surface area (TPSA) is 66.4 Å². The molecule has 1 aliphatic carbocycles. The maximum absolute atomic E-state index is 11.5. The third-order valence-corrected chi connectivity index (χ3v) is 4.28. The molecule has 1 fully saturated rings. The van der Waals surface area contributed by atoms with Crippen LogP contribution in [-0.4, -0.2) is 32.4 Å². The van der Waals surface area contributed by atoms with Gasteiger partial charge < -0.3 is 5.11 Å². The lowest BCUT2D eigenvalue weighted by Gasteiger charge is -2.13. The molecule has 1 saturated carbocycles. The molecule has 0 bridgehead atoms. The monoisotopic (exact) mass is 235 g/mol. The van der Waals surface area contributed by atoms with Crippen LogP contribution >= 0.6 is 0 Å². The Labute approximate surface area is 92.1 Å². The van der Waals surface area contributed by atoms with Gasteiger partial charge in [-0.3, -0.25) is 0 Å². The summed E-state index contributed by atoms with van der Waals surface area (Å²) in [5.41, 5.74) is -0.148. The summed E-state index contributed by atoms with van der Waals surface area (Å²) in [6.07, 6.45) is 2.54. The van der Waals surface area contributed by atoms with Crippen molar-refractivity contribution < 1.29 is 13.5 Å². The Balaban J connectivity index is 2.30. The molecule has 0 radical (unpaired) electrons. The van der Waals surface area contributed by atoms with Crippen LogP contribution in [-0.2, 0) is 10.0 Å². The van der Waals surface area contributed by atoms with Gasteiger partial charge in [-0.2, -0.15) is 0 Å². The fraction of sp³-hybridized carbons (Fsp3) is 1.00. The van der Waals surface area contributed by atoms with Crippen molar-refractivity contribution in [2.24, 2.45) is 11.3 Å². The summed E-state index contributed by atoms with van der Waals surface area (Å²) in [6, 6.07) is 0. The Morgan fingerprint density at radius 3 is 2.40 bits per heavy atom. The number of hydrogen-bond donors (Lipinski definition) is 2. The summed E-state index contributed by atoms with van der Waals surface area (Å²) in [7, 11) is -3.14. The summed E-state index contributed by atoms with van der Waals surface area (Å²) in [5, 5.41) is 9.04. The minimum atomic E-state index is -3.14. The summed E-state index contributed by atoms with van der Waals surface area (Å²) in [4.78, 5) is 0. The highest BCUT2D eigenvalue weighted by molar-refractivity contribution is 7.89. The fourth-order valence-corrected chi connectivity index (χ4v) is 2.75. The zero-order valence-corrected chi connectivity index (χ0v) is 10.3. The van der Waals surface area contributed by atoms with Gasteiger partial charge in [0.2, 0.25) is 10.0 Å². The van der Waals surface area contributed by atoms with E-state index in [1.54, 1.807) is 0 Å². The van der Waals surface area contributed by atoms with Crippen LogP contribution < -0.4 is 4.72 Å². The van der Waals surface area contributed by atoms with Gasteiger partial charge in [0.25, 0.3) is 0 Å². The van der Waals surface area contributed by atoms with Crippen molar-refractivity contribution in [3.63, 3.8) is 0 Å². The zero-order valence-electron chi connectivity index (χ0n) is 9.49. The molecule has 5 heteroatoms. The summed E-state index contributed by atoms with van der Waals surface area (Å²) < 4.78 is 25.6. The van der Waals surface area contributed by atoms with E-state index < -0.39 is 10.0 Å². The molecule has 0 aliphatic heterocycles. The standard InChI is InChI=1S/C10H21NO3S/c1-9(2)3-6-15(13,14)11-7-10(8-12)4-5-10/h9,11-12H,3-8H2,1-2H3. The van der Waals surface area contributed by atoms with Crippen molar-refractivity contribution >= 4 is 10.0 Å². The third-order valence-electron chi connectivity index (χ3n) is 2.92. The predicted molar refractivity (Wildman–Crippen MR) is 60.0 cm³/mol. The number of sulfonamides is 1. The molecule has 0 spiro atoms. The average molecular weight is 235 g/mol. The van der Waals surface area contributed by atoms with Crippen molar-refractivity contribution in [1.82, 2.24) is 4.72 Å². The summed E-state index contributed by atoms with van der Waals surface area (Å²) in [6.45, 7) is 4.49. The lowest BCUT2D eigenvalue weighted by molar-refractivity contribution is 0.213. The Bertz CT molecular complexity index is 294. The smallest absolute Gasteiger partial charge is 0.211 e. The van der Waals surface area contributed by atoms with E-state index in [-0.39, 0.29) is 17.8 Å².